The molecule has 0 saturated carbocycles. The van der Waals surface area contributed by atoms with E-state index in [1.54, 1.807) is 12.1 Å². The van der Waals surface area contributed by atoms with Crippen molar-refractivity contribution >= 4 is 17.7 Å². The number of nitrogens with zero attached hydrogens (tertiary/aromatic N) is 1. The molecule has 1 atom stereocenters. The number of hydrogen-bond acceptors (Lipinski definition) is 2. The molecule has 0 fully saturated rings. The summed E-state index contributed by atoms with van der Waals surface area (Å²) in [6.45, 7) is 0.813. The zero-order valence-electron chi connectivity index (χ0n) is 9.98. The molecule has 1 amide bonds. The highest BCUT2D eigenvalue weighted by molar-refractivity contribution is 6.30. The normalized spacial score (nSPS) is 12.5. The first-order valence-electron chi connectivity index (χ1n) is 5.38. The molecule has 2 N–H and O–H groups in total. The topological polar surface area (TPSA) is 52.6 Å². The zero-order valence-corrected chi connectivity index (χ0v) is 10.7. The summed E-state index contributed by atoms with van der Waals surface area (Å²) in [5, 5.41) is 12.0. The van der Waals surface area contributed by atoms with Gasteiger partial charge in [-0.2, -0.15) is 0 Å². The summed E-state index contributed by atoms with van der Waals surface area (Å²) >= 11 is 5.80. The molecule has 1 aromatic carbocycles. The Hall–Kier alpha value is -1.26. The number of rotatable bonds is 5. The average Bonchev–Trinajstić information content (AvgIpc) is 2.25. The second-order valence-electron chi connectivity index (χ2n) is 4.15. The van der Waals surface area contributed by atoms with Crippen molar-refractivity contribution in [2.45, 2.75) is 12.5 Å². The van der Waals surface area contributed by atoms with Crippen LogP contribution < -0.4 is 5.32 Å². The summed E-state index contributed by atoms with van der Waals surface area (Å²) in [6, 6.07) is 7.02. The first-order valence-corrected chi connectivity index (χ1v) is 5.76. The van der Waals surface area contributed by atoms with Gasteiger partial charge in [-0.05, 0) is 44.8 Å². The number of carboxylic acid groups (broad SMARTS) is 1. The lowest BCUT2D eigenvalue weighted by atomic mass is 10.0. The zero-order chi connectivity index (χ0) is 12.8. The molecule has 0 aliphatic rings. The minimum absolute atomic E-state index is 0.202. The van der Waals surface area contributed by atoms with Crippen molar-refractivity contribution in [3.05, 3.63) is 34.9 Å². The Morgan fingerprint density at radius 3 is 2.47 bits per heavy atom. The van der Waals surface area contributed by atoms with Crippen LogP contribution in [-0.4, -0.2) is 36.7 Å². The van der Waals surface area contributed by atoms with Crippen molar-refractivity contribution in [3.63, 3.8) is 0 Å². The van der Waals surface area contributed by atoms with Crippen molar-refractivity contribution in [1.29, 1.82) is 0 Å². The van der Waals surface area contributed by atoms with E-state index in [0.717, 1.165) is 18.5 Å². The predicted molar refractivity (Wildman–Crippen MR) is 68.5 cm³/mol. The van der Waals surface area contributed by atoms with Crippen molar-refractivity contribution in [2.75, 3.05) is 20.6 Å². The van der Waals surface area contributed by atoms with Gasteiger partial charge in [0.15, 0.2) is 0 Å². The highest BCUT2D eigenvalue weighted by atomic mass is 35.5. The first-order chi connectivity index (χ1) is 7.99. The van der Waals surface area contributed by atoms with Crippen LogP contribution in [0.1, 0.15) is 18.0 Å². The first kappa shape index (κ1) is 13.8. The van der Waals surface area contributed by atoms with E-state index in [1.807, 2.05) is 31.1 Å². The van der Waals surface area contributed by atoms with E-state index in [9.17, 15) is 4.79 Å². The lowest BCUT2D eigenvalue weighted by Gasteiger charge is -2.19. The Kier molecular flexibility index (Phi) is 5.25. The van der Waals surface area contributed by atoms with Crippen molar-refractivity contribution in [1.82, 2.24) is 10.2 Å². The molecule has 1 rings (SSSR count). The molecule has 5 heteroatoms. The molecule has 0 radical (unpaired) electrons. The fraction of sp³-hybridized carbons (Fsp3) is 0.417. The lowest BCUT2D eigenvalue weighted by Crippen LogP contribution is -2.29. The molecule has 1 unspecified atom stereocenters. The van der Waals surface area contributed by atoms with E-state index in [2.05, 4.69) is 5.32 Å². The maximum Gasteiger partial charge on any atom is 0.405 e. The minimum Gasteiger partial charge on any atom is -0.465 e. The molecule has 0 bridgehead atoms. The third-order valence-electron chi connectivity index (χ3n) is 2.44. The number of benzene rings is 1. The maximum absolute atomic E-state index is 10.7. The Morgan fingerprint density at radius 2 is 2.00 bits per heavy atom. The fourth-order valence-electron chi connectivity index (χ4n) is 1.55. The number of hydrogen-bond donors (Lipinski definition) is 2. The van der Waals surface area contributed by atoms with Gasteiger partial charge in [0.25, 0.3) is 0 Å². The monoisotopic (exact) mass is 256 g/mol. The van der Waals surface area contributed by atoms with Gasteiger partial charge in [0.2, 0.25) is 0 Å². The molecule has 0 aliphatic heterocycles. The predicted octanol–water partition coefficient (Wildman–Crippen LogP) is 2.60. The van der Waals surface area contributed by atoms with Crippen LogP contribution in [0.2, 0.25) is 5.02 Å². The van der Waals surface area contributed by atoms with Crippen LogP contribution in [0.15, 0.2) is 24.3 Å². The van der Waals surface area contributed by atoms with E-state index < -0.39 is 6.09 Å². The quantitative estimate of drug-likeness (QED) is 0.852. The largest absolute Gasteiger partial charge is 0.465 e. The van der Waals surface area contributed by atoms with Gasteiger partial charge in [0.1, 0.15) is 0 Å². The van der Waals surface area contributed by atoms with Crippen LogP contribution >= 0.6 is 11.6 Å². The van der Waals surface area contributed by atoms with Crippen LogP contribution in [0.5, 0.6) is 0 Å². The summed E-state index contributed by atoms with van der Waals surface area (Å²) in [5.41, 5.74) is 0.929. The van der Waals surface area contributed by atoms with E-state index in [1.165, 1.54) is 0 Å². The summed E-state index contributed by atoms with van der Waals surface area (Å²) < 4.78 is 0. The molecule has 0 aromatic heterocycles. The van der Waals surface area contributed by atoms with Crippen LogP contribution in [-0.2, 0) is 0 Å². The van der Waals surface area contributed by atoms with Crippen molar-refractivity contribution in [3.8, 4) is 0 Å². The Morgan fingerprint density at radius 1 is 1.41 bits per heavy atom. The Labute approximate surface area is 106 Å². The molecule has 1 aromatic rings. The Bertz CT molecular complexity index is 365. The highest BCUT2D eigenvalue weighted by Crippen LogP contribution is 2.19. The molecule has 0 aliphatic carbocycles. The second-order valence-corrected chi connectivity index (χ2v) is 4.58. The Balaban J connectivity index is 2.74. The average molecular weight is 257 g/mol. The molecular formula is C12H17ClN2O2. The number of halogens is 1. The van der Waals surface area contributed by atoms with E-state index >= 15 is 0 Å². The standard InChI is InChI=1S/C12H17ClN2O2/c1-15(2)8-7-11(14-12(16)17)9-3-5-10(13)6-4-9/h3-6,11,14H,7-8H2,1-2H3,(H,16,17). The van der Waals surface area contributed by atoms with Crippen molar-refractivity contribution in [2.24, 2.45) is 0 Å². The molecular weight excluding hydrogens is 240 g/mol. The van der Waals surface area contributed by atoms with Crippen LogP contribution in [0.25, 0.3) is 0 Å². The minimum atomic E-state index is -1.01. The van der Waals surface area contributed by atoms with Gasteiger partial charge in [-0.3, -0.25) is 0 Å². The number of nitrogens with one attached hydrogen (secondary N) is 1. The SMILES string of the molecule is CN(C)CCC(NC(=O)O)c1ccc(Cl)cc1. The second kappa shape index (κ2) is 6.47. The van der Waals surface area contributed by atoms with Crippen LogP contribution in [0.4, 0.5) is 4.79 Å². The van der Waals surface area contributed by atoms with Gasteiger partial charge in [0.05, 0.1) is 6.04 Å². The number of amides is 1. The van der Waals surface area contributed by atoms with Crippen molar-refractivity contribution < 1.29 is 9.90 Å². The molecule has 4 nitrogen and oxygen atoms in total. The lowest BCUT2D eigenvalue weighted by molar-refractivity contribution is 0.188. The molecule has 17 heavy (non-hydrogen) atoms. The van der Waals surface area contributed by atoms with Gasteiger partial charge in [-0.25, -0.2) is 4.79 Å². The maximum atomic E-state index is 10.7. The highest BCUT2D eigenvalue weighted by Gasteiger charge is 2.13. The summed E-state index contributed by atoms with van der Waals surface area (Å²) in [6.07, 6.45) is -0.287. The van der Waals surface area contributed by atoms with Gasteiger partial charge in [-0.1, -0.05) is 23.7 Å². The van der Waals surface area contributed by atoms with Gasteiger partial charge < -0.3 is 15.3 Å². The van der Waals surface area contributed by atoms with Gasteiger partial charge in [-0.15, -0.1) is 0 Å². The molecule has 0 saturated heterocycles. The van der Waals surface area contributed by atoms with Gasteiger partial charge in [0, 0.05) is 5.02 Å². The summed E-state index contributed by atoms with van der Waals surface area (Å²) in [7, 11) is 3.92. The van der Waals surface area contributed by atoms with E-state index in [0.29, 0.717) is 5.02 Å². The smallest absolute Gasteiger partial charge is 0.405 e. The third kappa shape index (κ3) is 5.06. The summed E-state index contributed by atoms with van der Waals surface area (Å²) in [5.74, 6) is 0. The number of carbonyl (C=O) groups is 1. The van der Waals surface area contributed by atoms with E-state index in [4.69, 9.17) is 16.7 Å². The van der Waals surface area contributed by atoms with E-state index in [-0.39, 0.29) is 6.04 Å². The molecule has 94 valence electrons. The molecule has 0 spiro atoms. The van der Waals surface area contributed by atoms with Crippen LogP contribution in [0.3, 0.4) is 0 Å². The fourth-order valence-corrected chi connectivity index (χ4v) is 1.68. The van der Waals surface area contributed by atoms with Gasteiger partial charge >= 0.3 is 6.09 Å². The molecule has 0 heterocycles. The third-order valence-corrected chi connectivity index (χ3v) is 2.69. The summed E-state index contributed by atoms with van der Waals surface area (Å²) in [4.78, 5) is 12.8. The van der Waals surface area contributed by atoms with Crippen LogP contribution in [0, 0.1) is 0 Å².